The topological polar surface area (TPSA) is 46.5 Å². The predicted molar refractivity (Wildman–Crippen MR) is 128 cm³/mol. The molecule has 0 aromatic heterocycles. The maximum atomic E-state index is 10.7. The fraction of sp³-hybridized carbons (Fsp3) is 0.125. The summed E-state index contributed by atoms with van der Waals surface area (Å²) in [5.41, 5.74) is 4.93. The summed E-state index contributed by atoms with van der Waals surface area (Å²) in [6, 6.07) is 24.5. The molecule has 0 amide bonds. The molecule has 0 saturated carbocycles. The van der Waals surface area contributed by atoms with Gasteiger partial charge in [-0.1, -0.05) is 60.7 Å². The average molecular weight is 516 g/mol. The zero-order valence-corrected chi connectivity index (χ0v) is 18.9. The Hall–Kier alpha value is -2.25. The van der Waals surface area contributed by atoms with Crippen molar-refractivity contribution in [3.63, 3.8) is 0 Å². The van der Waals surface area contributed by atoms with E-state index in [-0.39, 0.29) is 6.61 Å². The molecule has 3 rings (SSSR count). The summed E-state index contributed by atoms with van der Waals surface area (Å²) in [4.78, 5) is 11.8. The summed E-state index contributed by atoms with van der Waals surface area (Å²) in [5.74, 6) is 0.416. The zero-order chi connectivity index (χ0) is 20.6. The Balaban J connectivity index is 1.78. The number of carboxylic acid groups (broad SMARTS) is 1. The highest BCUT2D eigenvalue weighted by Crippen LogP contribution is 2.31. The first-order valence-corrected chi connectivity index (χ1v) is 11.2. The van der Waals surface area contributed by atoms with E-state index < -0.39 is 5.97 Å². The largest absolute Gasteiger partial charge is 0.482 e. The van der Waals surface area contributed by atoms with Gasteiger partial charge < -0.3 is 9.84 Å². The van der Waals surface area contributed by atoms with Crippen molar-refractivity contribution in [3.8, 4) is 5.75 Å². The van der Waals surface area contributed by atoms with Gasteiger partial charge in [-0.25, -0.2) is 4.79 Å². The molecule has 3 aromatic rings. The molecule has 0 fully saturated rings. The van der Waals surface area contributed by atoms with Crippen LogP contribution >= 0.6 is 34.4 Å². The van der Waals surface area contributed by atoms with Crippen molar-refractivity contribution in [1.29, 1.82) is 0 Å². The molecule has 0 heterocycles. The number of hydrogen-bond acceptors (Lipinski definition) is 3. The van der Waals surface area contributed by atoms with Crippen LogP contribution in [0.2, 0.25) is 0 Å². The van der Waals surface area contributed by atoms with E-state index in [1.54, 1.807) is 11.8 Å². The highest BCUT2D eigenvalue weighted by Gasteiger charge is 2.08. The first kappa shape index (κ1) is 21.5. The number of thioether (sulfide) groups is 1. The lowest BCUT2D eigenvalue weighted by Gasteiger charge is -2.12. The molecule has 5 heteroatoms. The number of rotatable bonds is 8. The molecular weight excluding hydrogens is 495 g/mol. The minimum Gasteiger partial charge on any atom is -0.482 e. The average Bonchev–Trinajstić information content (AvgIpc) is 2.72. The van der Waals surface area contributed by atoms with Gasteiger partial charge in [-0.15, -0.1) is 11.8 Å². The van der Waals surface area contributed by atoms with E-state index in [9.17, 15) is 4.79 Å². The molecule has 0 saturated heterocycles. The molecule has 0 aliphatic carbocycles. The van der Waals surface area contributed by atoms with Crippen molar-refractivity contribution in [2.24, 2.45) is 0 Å². The van der Waals surface area contributed by atoms with Crippen molar-refractivity contribution in [2.75, 3.05) is 12.4 Å². The number of aliphatic carboxylic acids is 1. The summed E-state index contributed by atoms with van der Waals surface area (Å²) < 4.78 is 6.29. The number of halogens is 1. The zero-order valence-electron chi connectivity index (χ0n) is 16.0. The molecule has 0 atom stereocenters. The van der Waals surface area contributed by atoms with Gasteiger partial charge in [-0.2, -0.15) is 0 Å². The van der Waals surface area contributed by atoms with Crippen LogP contribution in [0.4, 0.5) is 0 Å². The highest BCUT2D eigenvalue weighted by atomic mass is 127. The van der Waals surface area contributed by atoms with E-state index in [1.807, 2.05) is 24.3 Å². The van der Waals surface area contributed by atoms with Gasteiger partial charge in [0.15, 0.2) is 6.61 Å². The Morgan fingerprint density at radius 3 is 2.48 bits per heavy atom. The Bertz CT molecular complexity index is 1020. The third-order valence-corrected chi connectivity index (χ3v) is 6.57. The summed E-state index contributed by atoms with van der Waals surface area (Å²) in [6.07, 6.45) is 2.27. The second-order valence-corrected chi connectivity index (χ2v) is 8.61. The summed E-state index contributed by atoms with van der Waals surface area (Å²) in [5, 5.41) is 8.74. The molecule has 0 spiro atoms. The van der Waals surface area contributed by atoms with E-state index >= 15 is 0 Å². The van der Waals surface area contributed by atoms with Crippen LogP contribution in [-0.4, -0.2) is 23.4 Å². The van der Waals surface area contributed by atoms with Crippen molar-refractivity contribution < 1.29 is 14.6 Å². The van der Waals surface area contributed by atoms with Crippen LogP contribution in [-0.2, 0) is 4.79 Å². The number of hydrogen-bond donors (Lipinski definition) is 1. The third kappa shape index (κ3) is 6.11. The second-order valence-electron chi connectivity index (χ2n) is 6.38. The predicted octanol–water partition coefficient (Wildman–Crippen LogP) is 6.29. The smallest absolute Gasteiger partial charge is 0.341 e. The molecule has 0 unspecified atom stereocenters. The van der Waals surface area contributed by atoms with Gasteiger partial charge in [-0.05, 0) is 70.0 Å². The van der Waals surface area contributed by atoms with Gasteiger partial charge >= 0.3 is 5.97 Å². The monoisotopic (exact) mass is 516 g/mol. The van der Waals surface area contributed by atoms with Crippen molar-refractivity contribution in [2.45, 2.75) is 11.8 Å². The van der Waals surface area contributed by atoms with Gasteiger partial charge in [0.1, 0.15) is 5.75 Å². The lowest BCUT2D eigenvalue weighted by atomic mass is 9.94. The number of benzene rings is 3. The minimum atomic E-state index is -0.978. The summed E-state index contributed by atoms with van der Waals surface area (Å²) in [7, 11) is 0. The first-order valence-electron chi connectivity index (χ1n) is 9.13. The SMILES string of the molecule is Cc1ccccc1/C(=C\CSc1ccc(OCC(=O)O)cc1I)c1ccccc1. The van der Waals surface area contributed by atoms with Gasteiger partial charge in [0.25, 0.3) is 0 Å². The lowest BCUT2D eigenvalue weighted by Crippen LogP contribution is -2.09. The molecule has 0 aliphatic rings. The fourth-order valence-corrected chi connectivity index (χ4v) is 4.67. The Morgan fingerprint density at radius 2 is 1.79 bits per heavy atom. The van der Waals surface area contributed by atoms with Crippen LogP contribution in [0.5, 0.6) is 5.75 Å². The Morgan fingerprint density at radius 1 is 1.07 bits per heavy atom. The number of carbonyl (C=O) groups is 1. The van der Waals surface area contributed by atoms with Crippen molar-refractivity contribution >= 4 is 45.9 Å². The molecule has 0 radical (unpaired) electrons. The minimum absolute atomic E-state index is 0.331. The normalized spacial score (nSPS) is 11.3. The van der Waals surface area contributed by atoms with Crippen LogP contribution < -0.4 is 4.74 Å². The highest BCUT2D eigenvalue weighted by molar-refractivity contribution is 14.1. The van der Waals surface area contributed by atoms with Crippen LogP contribution in [0.3, 0.4) is 0 Å². The fourth-order valence-electron chi connectivity index (χ4n) is 2.92. The quantitative estimate of drug-likeness (QED) is 0.283. The standard InChI is InChI=1S/C24H21IO3S/c1-17-7-5-6-10-20(17)21(18-8-3-2-4-9-18)13-14-29-23-12-11-19(15-22(23)25)28-16-24(26)27/h2-13,15H,14,16H2,1H3,(H,26,27)/b21-13-. The maximum absolute atomic E-state index is 10.7. The van der Waals surface area contributed by atoms with Gasteiger partial charge in [0.2, 0.25) is 0 Å². The van der Waals surface area contributed by atoms with Crippen molar-refractivity contribution in [1.82, 2.24) is 0 Å². The van der Waals surface area contributed by atoms with Crippen molar-refractivity contribution in [3.05, 3.63) is 99.1 Å². The first-order chi connectivity index (χ1) is 14.0. The van der Waals surface area contributed by atoms with Gasteiger partial charge in [0, 0.05) is 14.2 Å². The molecule has 3 nitrogen and oxygen atoms in total. The third-order valence-electron chi connectivity index (χ3n) is 4.31. The van der Waals surface area contributed by atoms with Gasteiger partial charge in [-0.3, -0.25) is 0 Å². The molecule has 3 aromatic carbocycles. The molecule has 1 N–H and O–H groups in total. The van der Waals surface area contributed by atoms with Crippen LogP contribution in [0.15, 0.2) is 83.8 Å². The molecular formula is C24H21IO3S. The number of aryl methyl sites for hydroxylation is 1. The molecule has 0 bridgehead atoms. The van der Waals surface area contributed by atoms with Crippen LogP contribution in [0.1, 0.15) is 16.7 Å². The van der Waals surface area contributed by atoms with E-state index in [4.69, 9.17) is 9.84 Å². The summed E-state index contributed by atoms with van der Waals surface area (Å²) >= 11 is 4.01. The van der Waals surface area contributed by atoms with E-state index in [1.165, 1.54) is 22.3 Å². The van der Waals surface area contributed by atoms with Crippen LogP contribution in [0.25, 0.3) is 5.57 Å². The lowest BCUT2D eigenvalue weighted by molar-refractivity contribution is -0.139. The molecule has 0 aliphatic heterocycles. The number of carboxylic acids is 1. The summed E-state index contributed by atoms with van der Waals surface area (Å²) in [6.45, 7) is 1.81. The molecule has 148 valence electrons. The molecule has 29 heavy (non-hydrogen) atoms. The Kier molecular flexibility index (Phi) is 7.77. The second kappa shape index (κ2) is 10.5. The maximum Gasteiger partial charge on any atom is 0.341 e. The van der Waals surface area contributed by atoms with Gasteiger partial charge in [0.05, 0.1) is 0 Å². The van der Waals surface area contributed by atoms with E-state index in [2.05, 4.69) is 84.1 Å². The Labute approximate surface area is 188 Å². The van der Waals surface area contributed by atoms with E-state index in [0.717, 1.165) is 14.2 Å². The number of ether oxygens (including phenoxy) is 1. The van der Waals surface area contributed by atoms with E-state index in [0.29, 0.717) is 5.75 Å². The van der Waals surface area contributed by atoms with Crippen LogP contribution in [0, 0.1) is 10.5 Å².